The van der Waals surface area contributed by atoms with Crippen molar-refractivity contribution in [2.45, 2.75) is 46.6 Å². The molecule has 0 fully saturated rings. The fourth-order valence-electron chi connectivity index (χ4n) is 1.34. The van der Waals surface area contributed by atoms with Gasteiger partial charge in [-0.15, -0.1) is 0 Å². The molecule has 0 aliphatic rings. The van der Waals surface area contributed by atoms with Gasteiger partial charge >= 0.3 is 0 Å². The van der Waals surface area contributed by atoms with Crippen molar-refractivity contribution in [3.63, 3.8) is 0 Å². The summed E-state index contributed by atoms with van der Waals surface area (Å²) in [7, 11) is 0. The quantitative estimate of drug-likeness (QED) is 0.742. The molecule has 0 aromatic carbocycles. The largest absolute Gasteiger partial charge is 0.474 e. The average Bonchev–Trinajstić information content (AvgIpc) is 2.13. The predicted octanol–water partition coefficient (Wildman–Crippen LogP) is 3.31. The van der Waals surface area contributed by atoms with Crippen molar-refractivity contribution in [1.29, 1.82) is 0 Å². The Kier molecular flexibility index (Phi) is 4.33. The van der Waals surface area contributed by atoms with Gasteiger partial charge in [0.25, 0.3) is 0 Å². The highest BCUT2D eigenvalue weighted by Gasteiger charge is 2.11. The smallest absolute Gasteiger partial charge is 0.221 e. The number of hydrogen-bond donors (Lipinski definition) is 0. The van der Waals surface area contributed by atoms with Crippen LogP contribution in [0.4, 0.5) is 0 Å². The summed E-state index contributed by atoms with van der Waals surface area (Å²) in [4.78, 5) is 8.30. The summed E-state index contributed by atoms with van der Waals surface area (Å²) in [6, 6.07) is 0. The van der Waals surface area contributed by atoms with Crippen molar-refractivity contribution in [2.24, 2.45) is 0 Å². The van der Waals surface area contributed by atoms with Gasteiger partial charge in [0.2, 0.25) is 5.88 Å². The van der Waals surface area contributed by atoms with Crippen LogP contribution in [0.2, 0.25) is 5.15 Å². The maximum absolute atomic E-state index is 5.95. The van der Waals surface area contributed by atoms with E-state index in [2.05, 4.69) is 16.9 Å². The molecule has 15 heavy (non-hydrogen) atoms. The summed E-state index contributed by atoms with van der Waals surface area (Å²) in [6.07, 6.45) is 2.28. The molecular formula is C11H17ClN2O. The summed E-state index contributed by atoms with van der Waals surface area (Å²) < 4.78 is 5.71. The van der Waals surface area contributed by atoms with Crippen LogP contribution in [0.1, 0.15) is 38.1 Å². The van der Waals surface area contributed by atoms with E-state index in [0.717, 1.165) is 18.4 Å². The molecule has 0 saturated heterocycles. The normalized spacial score (nSPS) is 12.6. The van der Waals surface area contributed by atoms with Crippen LogP contribution >= 0.6 is 11.6 Å². The molecule has 1 heterocycles. The molecule has 0 aliphatic heterocycles. The molecule has 0 spiro atoms. The van der Waals surface area contributed by atoms with Crippen molar-refractivity contribution in [2.75, 3.05) is 0 Å². The van der Waals surface area contributed by atoms with Crippen LogP contribution in [-0.4, -0.2) is 16.1 Å². The molecule has 1 aromatic rings. The van der Waals surface area contributed by atoms with E-state index in [1.807, 2.05) is 20.8 Å². The van der Waals surface area contributed by atoms with Gasteiger partial charge in [-0.3, -0.25) is 0 Å². The van der Waals surface area contributed by atoms with Gasteiger partial charge in [0.05, 0.1) is 6.10 Å². The number of rotatable bonds is 4. The number of aromatic nitrogens is 2. The van der Waals surface area contributed by atoms with Crippen LogP contribution in [0.3, 0.4) is 0 Å². The molecule has 1 aromatic heterocycles. The van der Waals surface area contributed by atoms with Gasteiger partial charge in [0, 0.05) is 5.56 Å². The van der Waals surface area contributed by atoms with Gasteiger partial charge in [-0.1, -0.05) is 24.9 Å². The Balaban J connectivity index is 2.84. The molecule has 4 heteroatoms. The summed E-state index contributed by atoms with van der Waals surface area (Å²) >= 11 is 5.95. The second-order valence-corrected chi connectivity index (χ2v) is 4.07. The molecule has 0 aliphatic carbocycles. The highest BCUT2D eigenvalue weighted by atomic mass is 35.5. The minimum absolute atomic E-state index is 0.166. The fourth-order valence-corrected chi connectivity index (χ4v) is 1.54. The first kappa shape index (κ1) is 12.2. The highest BCUT2D eigenvalue weighted by Crippen LogP contribution is 2.23. The molecular weight excluding hydrogens is 212 g/mol. The fraction of sp³-hybridized carbons (Fsp3) is 0.636. The molecule has 0 amide bonds. The second-order valence-electron chi connectivity index (χ2n) is 3.71. The monoisotopic (exact) mass is 228 g/mol. The van der Waals surface area contributed by atoms with Crippen molar-refractivity contribution in [1.82, 2.24) is 9.97 Å². The van der Waals surface area contributed by atoms with E-state index in [-0.39, 0.29) is 6.10 Å². The lowest BCUT2D eigenvalue weighted by Gasteiger charge is -2.15. The van der Waals surface area contributed by atoms with E-state index in [1.165, 1.54) is 0 Å². The summed E-state index contributed by atoms with van der Waals surface area (Å²) in [5.74, 6) is 1.25. The van der Waals surface area contributed by atoms with Crippen molar-refractivity contribution < 1.29 is 4.74 Å². The second kappa shape index (κ2) is 5.31. The lowest BCUT2D eigenvalue weighted by molar-refractivity contribution is 0.199. The number of halogens is 1. The van der Waals surface area contributed by atoms with E-state index >= 15 is 0 Å². The van der Waals surface area contributed by atoms with Gasteiger partial charge in [-0.25, -0.2) is 4.98 Å². The molecule has 0 saturated carbocycles. The molecule has 0 radical (unpaired) electrons. The molecule has 3 nitrogen and oxygen atoms in total. The first-order valence-electron chi connectivity index (χ1n) is 5.22. The van der Waals surface area contributed by atoms with Crippen molar-refractivity contribution in [3.05, 3.63) is 16.5 Å². The predicted molar refractivity (Wildman–Crippen MR) is 61.5 cm³/mol. The molecule has 1 unspecified atom stereocenters. The van der Waals surface area contributed by atoms with Gasteiger partial charge < -0.3 is 4.74 Å². The third-order valence-electron chi connectivity index (χ3n) is 2.16. The molecule has 84 valence electrons. The van der Waals surface area contributed by atoms with Gasteiger partial charge in [-0.05, 0) is 27.2 Å². The Bertz CT molecular complexity index is 342. The van der Waals surface area contributed by atoms with Crippen LogP contribution in [-0.2, 0) is 0 Å². The van der Waals surface area contributed by atoms with Crippen LogP contribution in [0.5, 0.6) is 5.88 Å². The minimum atomic E-state index is 0.166. The zero-order chi connectivity index (χ0) is 11.4. The third kappa shape index (κ3) is 3.34. The van der Waals surface area contributed by atoms with Gasteiger partial charge in [0.1, 0.15) is 11.0 Å². The van der Waals surface area contributed by atoms with Crippen molar-refractivity contribution >= 4 is 11.6 Å². The lowest BCUT2D eigenvalue weighted by atomic mass is 10.2. The Morgan fingerprint density at radius 1 is 1.33 bits per heavy atom. The number of ether oxygens (including phenoxy) is 1. The summed E-state index contributed by atoms with van der Waals surface area (Å²) in [6.45, 7) is 7.84. The van der Waals surface area contributed by atoms with Crippen LogP contribution < -0.4 is 4.74 Å². The van der Waals surface area contributed by atoms with E-state index in [4.69, 9.17) is 16.3 Å². The molecule has 0 N–H and O–H groups in total. The van der Waals surface area contributed by atoms with Crippen LogP contribution in [0, 0.1) is 13.8 Å². The van der Waals surface area contributed by atoms with Crippen molar-refractivity contribution in [3.8, 4) is 5.88 Å². The van der Waals surface area contributed by atoms with E-state index in [9.17, 15) is 0 Å². The zero-order valence-electron chi connectivity index (χ0n) is 9.67. The maximum Gasteiger partial charge on any atom is 0.221 e. The zero-order valence-corrected chi connectivity index (χ0v) is 10.4. The van der Waals surface area contributed by atoms with E-state index in [0.29, 0.717) is 16.9 Å². The maximum atomic E-state index is 5.95. The first-order chi connectivity index (χ1) is 7.04. The van der Waals surface area contributed by atoms with Gasteiger partial charge in [0.15, 0.2) is 0 Å². The SMILES string of the molecule is CCCC(C)Oc1nc(C)nc(Cl)c1C. The number of hydrogen-bond acceptors (Lipinski definition) is 3. The van der Waals surface area contributed by atoms with E-state index in [1.54, 1.807) is 0 Å². The molecule has 1 atom stereocenters. The number of aryl methyl sites for hydroxylation is 1. The standard InChI is InChI=1S/C11H17ClN2O/c1-5-6-7(2)15-11-8(3)10(12)13-9(4)14-11/h7H,5-6H2,1-4H3. The summed E-state index contributed by atoms with van der Waals surface area (Å²) in [5.41, 5.74) is 0.810. The topological polar surface area (TPSA) is 35.0 Å². The first-order valence-corrected chi connectivity index (χ1v) is 5.59. The van der Waals surface area contributed by atoms with E-state index < -0.39 is 0 Å². The minimum Gasteiger partial charge on any atom is -0.474 e. The summed E-state index contributed by atoms with van der Waals surface area (Å²) in [5, 5.41) is 0.473. The third-order valence-corrected chi connectivity index (χ3v) is 2.53. The average molecular weight is 229 g/mol. The Hall–Kier alpha value is -0.830. The Labute approximate surface area is 95.8 Å². The molecule has 0 bridgehead atoms. The Morgan fingerprint density at radius 3 is 2.60 bits per heavy atom. The van der Waals surface area contributed by atoms with Gasteiger partial charge in [-0.2, -0.15) is 4.98 Å². The highest BCUT2D eigenvalue weighted by molar-refractivity contribution is 6.30. The van der Waals surface area contributed by atoms with Crippen LogP contribution in [0.15, 0.2) is 0 Å². The number of nitrogens with zero attached hydrogens (tertiary/aromatic N) is 2. The van der Waals surface area contributed by atoms with Crippen LogP contribution in [0.25, 0.3) is 0 Å². The molecule has 1 rings (SSSR count). The lowest BCUT2D eigenvalue weighted by Crippen LogP contribution is -2.13. The Morgan fingerprint density at radius 2 is 2.00 bits per heavy atom.